The lowest BCUT2D eigenvalue weighted by molar-refractivity contribution is 0.269. The van der Waals surface area contributed by atoms with E-state index in [-0.39, 0.29) is 6.61 Å². The predicted octanol–water partition coefficient (Wildman–Crippen LogP) is 1.63. The molecule has 0 aromatic heterocycles. The molecule has 0 saturated carbocycles. The third kappa shape index (κ3) is 3.01. The molecule has 0 aliphatic rings. The standard InChI is InChI=1S/C3H8BrClO6P2/c1-2-11-13(9,10)3(4,5)12(6,7)8/h2H2,1H3,(H,9,10)(H2,6,7,8). The molecular formula is C3H8BrClO6P2. The zero-order chi connectivity index (χ0) is 10.9. The molecule has 6 nitrogen and oxygen atoms in total. The second kappa shape index (κ2) is 4.29. The van der Waals surface area contributed by atoms with Crippen molar-refractivity contribution in [1.82, 2.24) is 0 Å². The van der Waals surface area contributed by atoms with E-state index in [4.69, 9.17) is 26.3 Å². The van der Waals surface area contributed by atoms with Crippen LogP contribution in [0.5, 0.6) is 0 Å². The van der Waals surface area contributed by atoms with Gasteiger partial charge >= 0.3 is 15.2 Å². The summed E-state index contributed by atoms with van der Waals surface area (Å²) in [5.41, 5.74) is 0. The monoisotopic (exact) mass is 316 g/mol. The first-order valence-electron chi connectivity index (χ1n) is 2.97. The van der Waals surface area contributed by atoms with Crippen molar-refractivity contribution in [3.63, 3.8) is 0 Å². The molecule has 0 radical (unpaired) electrons. The number of hydrogen-bond acceptors (Lipinski definition) is 3. The number of halogens is 2. The molecule has 0 aromatic rings. The molecule has 0 spiro atoms. The van der Waals surface area contributed by atoms with Crippen LogP contribution >= 0.6 is 42.7 Å². The van der Waals surface area contributed by atoms with Crippen LogP contribution < -0.4 is 0 Å². The highest BCUT2D eigenvalue weighted by Gasteiger charge is 2.59. The number of rotatable bonds is 4. The summed E-state index contributed by atoms with van der Waals surface area (Å²) in [4.78, 5) is 26.3. The fourth-order valence-corrected chi connectivity index (χ4v) is 2.87. The van der Waals surface area contributed by atoms with Gasteiger partial charge in [0.15, 0.2) is 0 Å². The van der Waals surface area contributed by atoms with E-state index in [0.29, 0.717) is 0 Å². The average molecular weight is 317 g/mol. The maximum atomic E-state index is 11.1. The summed E-state index contributed by atoms with van der Waals surface area (Å²) in [5.74, 6) is 0. The highest BCUT2D eigenvalue weighted by atomic mass is 79.9. The second-order valence-corrected chi connectivity index (χ2v) is 10.0. The Balaban J connectivity index is 5.05. The summed E-state index contributed by atoms with van der Waals surface area (Å²) in [6.45, 7) is 1.20. The van der Waals surface area contributed by atoms with Crippen LogP contribution in [0, 0.1) is 0 Å². The Bertz CT molecular complexity index is 273. The summed E-state index contributed by atoms with van der Waals surface area (Å²) < 4.78 is 23.3. The van der Waals surface area contributed by atoms with E-state index in [9.17, 15) is 9.13 Å². The van der Waals surface area contributed by atoms with E-state index in [1.165, 1.54) is 6.92 Å². The molecule has 0 saturated heterocycles. The van der Waals surface area contributed by atoms with Crippen molar-refractivity contribution >= 4 is 42.7 Å². The van der Waals surface area contributed by atoms with E-state index >= 15 is 0 Å². The van der Waals surface area contributed by atoms with Crippen molar-refractivity contribution in [2.75, 3.05) is 6.61 Å². The highest BCUT2D eigenvalue weighted by molar-refractivity contribution is 9.13. The lowest BCUT2D eigenvalue weighted by Gasteiger charge is -2.25. The van der Waals surface area contributed by atoms with Gasteiger partial charge in [0.2, 0.25) is 0 Å². The normalized spacial score (nSPS) is 22.0. The summed E-state index contributed by atoms with van der Waals surface area (Å²) in [5, 5.41) is 0. The van der Waals surface area contributed by atoms with Crippen LogP contribution in [0.15, 0.2) is 0 Å². The smallest absolute Gasteiger partial charge is 0.322 e. The van der Waals surface area contributed by atoms with Crippen LogP contribution in [0.4, 0.5) is 0 Å². The zero-order valence-corrected chi connectivity index (χ0v) is 10.6. The average Bonchev–Trinajstić information content (AvgIpc) is 1.84. The first-order valence-corrected chi connectivity index (χ1v) is 7.33. The van der Waals surface area contributed by atoms with Gasteiger partial charge in [-0.3, -0.25) is 9.13 Å². The van der Waals surface area contributed by atoms with Gasteiger partial charge in [0.25, 0.3) is 3.27 Å². The molecule has 3 N–H and O–H groups in total. The van der Waals surface area contributed by atoms with Gasteiger partial charge in [-0.15, -0.1) is 0 Å². The molecule has 0 aromatic carbocycles. The van der Waals surface area contributed by atoms with Gasteiger partial charge in [0, 0.05) is 0 Å². The van der Waals surface area contributed by atoms with Crippen molar-refractivity contribution in [2.45, 2.75) is 10.2 Å². The summed E-state index contributed by atoms with van der Waals surface area (Å²) in [7, 11) is -9.57. The molecule has 2 atom stereocenters. The van der Waals surface area contributed by atoms with Crippen LogP contribution in [-0.4, -0.2) is 24.6 Å². The largest absolute Gasteiger partial charge is 0.372 e. The van der Waals surface area contributed by atoms with E-state index in [1.807, 2.05) is 0 Å². The van der Waals surface area contributed by atoms with Crippen molar-refractivity contribution in [1.29, 1.82) is 0 Å². The maximum absolute atomic E-state index is 11.1. The van der Waals surface area contributed by atoms with Crippen LogP contribution in [0.25, 0.3) is 0 Å². The Labute approximate surface area is 88.1 Å². The highest BCUT2D eigenvalue weighted by Crippen LogP contribution is 2.76. The molecule has 2 unspecified atom stereocenters. The Hall–Kier alpha value is 1.07. The Morgan fingerprint density at radius 3 is 2.08 bits per heavy atom. The Morgan fingerprint density at radius 1 is 1.46 bits per heavy atom. The Kier molecular flexibility index (Phi) is 4.64. The van der Waals surface area contributed by atoms with Gasteiger partial charge in [-0.1, -0.05) is 11.6 Å². The van der Waals surface area contributed by atoms with Gasteiger partial charge in [-0.2, -0.15) is 0 Å². The molecule has 0 amide bonds. The minimum absolute atomic E-state index is 0.187. The molecule has 0 fully saturated rings. The molecular weight excluding hydrogens is 309 g/mol. The van der Waals surface area contributed by atoms with Gasteiger partial charge in [0.05, 0.1) is 6.61 Å². The molecule has 0 rings (SSSR count). The van der Waals surface area contributed by atoms with E-state index < -0.39 is 18.5 Å². The third-order valence-electron chi connectivity index (χ3n) is 0.995. The maximum Gasteiger partial charge on any atom is 0.372 e. The summed E-state index contributed by atoms with van der Waals surface area (Å²) in [6, 6.07) is 0. The van der Waals surface area contributed by atoms with Crippen molar-refractivity contribution in [2.24, 2.45) is 0 Å². The quantitative estimate of drug-likeness (QED) is 0.538. The third-order valence-corrected chi connectivity index (χ3v) is 8.56. The minimum Gasteiger partial charge on any atom is -0.322 e. The summed E-state index contributed by atoms with van der Waals surface area (Å²) in [6.07, 6.45) is 0. The predicted molar refractivity (Wildman–Crippen MR) is 51.0 cm³/mol. The molecule has 80 valence electrons. The van der Waals surface area contributed by atoms with Gasteiger partial charge in [0.1, 0.15) is 0 Å². The van der Waals surface area contributed by atoms with Crippen molar-refractivity contribution < 1.29 is 28.3 Å². The SMILES string of the molecule is CCOP(=O)(O)C(Cl)(Br)P(=O)(O)O. The van der Waals surface area contributed by atoms with Crippen molar-refractivity contribution in [3.05, 3.63) is 0 Å². The molecule has 10 heteroatoms. The molecule has 0 aliphatic heterocycles. The number of alkyl halides is 2. The van der Waals surface area contributed by atoms with Gasteiger partial charge in [-0.25, -0.2) is 0 Å². The molecule has 0 heterocycles. The Morgan fingerprint density at radius 2 is 1.85 bits per heavy atom. The van der Waals surface area contributed by atoms with Crippen LogP contribution in [0.2, 0.25) is 0 Å². The van der Waals surface area contributed by atoms with E-state index in [1.54, 1.807) is 0 Å². The van der Waals surface area contributed by atoms with Crippen molar-refractivity contribution in [3.8, 4) is 0 Å². The minimum atomic E-state index is -4.98. The fourth-order valence-electron chi connectivity index (χ4n) is 0.417. The van der Waals surface area contributed by atoms with Crippen LogP contribution in [0.1, 0.15) is 6.92 Å². The fraction of sp³-hybridized carbons (Fsp3) is 1.00. The van der Waals surface area contributed by atoms with Crippen LogP contribution in [-0.2, 0) is 13.7 Å². The zero-order valence-electron chi connectivity index (χ0n) is 6.42. The van der Waals surface area contributed by atoms with Gasteiger partial charge in [-0.05, 0) is 22.9 Å². The number of hydrogen-bond donors (Lipinski definition) is 3. The van der Waals surface area contributed by atoms with Gasteiger partial charge < -0.3 is 19.2 Å². The topological polar surface area (TPSA) is 104 Å². The molecule has 0 bridgehead atoms. The van der Waals surface area contributed by atoms with E-state index in [2.05, 4.69) is 20.5 Å². The first-order chi connectivity index (χ1) is 5.56. The molecule has 0 aliphatic carbocycles. The lowest BCUT2D eigenvalue weighted by atomic mass is 10.9. The first kappa shape index (κ1) is 14.1. The van der Waals surface area contributed by atoms with E-state index in [0.717, 1.165) is 0 Å². The second-order valence-electron chi connectivity index (χ2n) is 1.99. The summed E-state index contributed by atoms with van der Waals surface area (Å²) >= 11 is 7.49. The van der Waals surface area contributed by atoms with Crippen LogP contribution in [0.3, 0.4) is 0 Å². The lowest BCUT2D eigenvalue weighted by Crippen LogP contribution is -2.14. The molecule has 13 heavy (non-hydrogen) atoms.